The SMILES string of the molecule is O=C=Nc1cccc(C(O)C(O)C(=O)O)c1. The quantitative estimate of drug-likeness (QED) is 0.497. The second-order valence-electron chi connectivity index (χ2n) is 3.03. The summed E-state index contributed by atoms with van der Waals surface area (Å²) >= 11 is 0. The molecule has 1 rings (SSSR count). The van der Waals surface area contributed by atoms with Gasteiger partial charge in [0.25, 0.3) is 0 Å². The van der Waals surface area contributed by atoms with Gasteiger partial charge in [0, 0.05) is 0 Å². The third-order valence-corrected chi connectivity index (χ3v) is 1.94. The fourth-order valence-corrected chi connectivity index (χ4v) is 1.15. The molecule has 0 aliphatic heterocycles. The number of aliphatic carboxylic acids is 1. The lowest BCUT2D eigenvalue weighted by molar-refractivity contribution is -0.153. The van der Waals surface area contributed by atoms with Gasteiger partial charge in [-0.25, -0.2) is 9.59 Å². The first-order valence-corrected chi connectivity index (χ1v) is 4.33. The molecule has 3 N–H and O–H groups in total. The van der Waals surface area contributed by atoms with E-state index >= 15 is 0 Å². The first-order chi connectivity index (χ1) is 7.56. The molecule has 0 saturated heterocycles. The van der Waals surface area contributed by atoms with E-state index in [0.717, 1.165) is 0 Å². The zero-order valence-corrected chi connectivity index (χ0v) is 8.07. The lowest BCUT2D eigenvalue weighted by atomic mass is 10.0. The lowest BCUT2D eigenvalue weighted by Gasteiger charge is -2.14. The third kappa shape index (κ3) is 2.74. The highest BCUT2D eigenvalue weighted by molar-refractivity contribution is 5.73. The van der Waals surface area contributed by atoms with E-state index < -0.39 is 18.2 Å². The van der Waals surface area contributed by atoms with Crippen LogP contribution >= 0.6 is 0 Å². The van der Waals surface area contributed by atoms with Gasteiger partial charge in [-0.2, -0.15) is 4.99 Å². The molecule has 0 spiro atoms. The van der Waals surface area contributed by atoms with Gasteiger partial charge in [0.05, 0.1) is 5.69 Å². The summed E-state index contributed by atoms with van der Waals surface area (Å²) in [5.41, 5.74) is 0.385. The molecule has 0 fully saturated rings. The fourth-order valence-electron chi connectivity index (χ4n) is 1.15. The van der Waals surface area contributed by atoms with Crippen LogP contribution in [-0.4, -0.2) is 33.5 Å². The van der Waals surface area contributed by atoms with Crippen molar-refractivity contribution in [2.45, 2.75) is 12.2 Å². The highest BCUT2D eigenvalue weighted by Gasteiger charge is 2.25. The number of aliphatic hydroxyl groups is 2. The number of carboxylic acid groups (broad SMARTS) is 1. The molecule has 1 aromatic carbocycles. The first-order valence-electron chi connectivity index (χ1n) is 4.33. The number of carboxylic acids is 1. The Morgan fingerprint density at radius 1 is 1.38 bits per heavy atom. The first kappa shape index (κ1) is 12.1. The molecule has 6 heteroatoms. The number of rotatable bonds is 4. The van der Waals surface area contributed by atoms with Crippen LogP contribution in [0.4, 0.5) is 5.69 Å². The molecular weight excluding hydrogens is 214 g/mol. The zero-order chi connectivity index (χ0) is 12.1. The number of benzene rings is 1. The van der Waals surface area contributed by atoms with Crippen LogP contribution in [0.1, 0.15) is 11.7 Å². The number of aliphatic imine (C=N–C) groups is 1. The summed E-state index contributed by atoms with van der Waals surface area (Å²) in [6, 6.07) is 5.67. The molecule has 6 nitrogen and oxygen atoms in total. The third-order valence-electron chi connectivity index (χ3n) is 1.94. The maximum Gasteiger partial charge on any atom is 0.335 e. The van der Waals surface area contributed by atoms with E-state index in [9.17, 15) is 14.7 Å². The van der Waals surface area contributed by atoms with Gasteiger partial charge >= 0.3 is 5.97 Å². The van der Waals surface area contributed by atoms with Crippen LogP contribution < -0.4 is 0 Å². The van der Waals surface area contributed by atoms with Crippen molar-refractivity contribution in [3.63, 3.8) is 0 Å². The zero-order valence-electron chi connectivity index (χ0n) is 8.07. The molecule has 0 bridgehead atoms. The van der Waals surface area contributed by atoms with Gasteiger partial charge in [-0.15, -0.1) is 0 Å². The van der Waals surface area contributed by atoms with Crippen LogP contribution in [0.2, 0.25) is 0 Å². The smallest absolute Gasteiger partial charge is 0.335 e. The second kappa shape index (κ2) is 5.18. The minimum Gasteiger partial charge on any atom is -0.479 e. The molecule has 0 amide bonds. The summed E-state index contributed by atoms with van der Waals surface area (Å²) in [7, 11) is 0. The minimum absolute atomic E-state index is 0.159. The summed E-state index contributed by atoms with van der Waals surface area (Å²) in [6.07, 6.45) is -2.17. The summed E-state index contributed by atoms with van der Waals surface area (Å²) in [5, 5.41) is 27.1. The molecule has 16 heavy (non-hydrogen) atoms. The average Bonchev–Trinajstić information content (AvgIpc) is 2.28. The molecule has 2 unspecified atom stereocenters. The Morgan fingerprint density at radius 2 is 2.06 bits per heavy atom. The summed E-state index contributed by atoms with van der Waals surface area (Å²) in [5.74, 6) is -1.53. The predicted molar refractivity (Wildman–Crippen MR) is 52.8 cm³/mol. The molecule has 2 atom stereocenters. The Hall–Kier alpha value is -2.01. The Labute approximate surface area is 90.5 Å². The lowest BCUT2D eigenvalue weighted by Crippen LogP contribution is -2.27. The summed E-state index contributed by atoms with van der Waals surface area (Å²) in [4.78, 5) is 23.7. The van der Waals surface area contributed by atoms with E-state index in [0.29, 0.717) is 0 Å². The predicted octanol–water partition coefficient (Wildman–Crippen LogP) is 0.133. The average molecular weight is 223 g/mol. The van der Waals surface area contributed by atoms with Crippen molar-refractivity contribution in [2.24, 2.45) is 4.99 Å². The molecule has 0 aliphatic carbocycles. The van der Waals surface area contributed by atoms with Gasteiger partial charge in [-0.05, 0) is 17.7 Å². The van der Waals surface area contributed by atoms with Crippen molar-refractivity contribution < 1.29 is 24.9 Å². The standard InChI is InChI=1S/C10H9NO5/c12-5-11-7-3-1-2-6(4-7)8(13)9(14)10(15)16/h1-4,8-9,13-14H,(H,15,16). The van der Waals surface area contributed by atoms with E-state index in [-0.39, 0.29) is 11.3 Å². The molecule has 84 valence electrons. The van der Waals surface area contributed by atoms with Crippen molar-refractivity contribution in [3.05, 3.63) is 29.8 Å². The van der Waals surface area contributed by atoms with Crippen LogP contribution in [0.3, 0.4) is 0 Å². The second-order valence-corrected chi connectivity index (χ2v) is 3.03. The molecule has 0 aliphatic rings. The number of isocyanates is 1. The van der Waals surface area contributed by atoms with Crippen molar-refractivity contribution in [2.75, 3.05) is 0 Å². The molecule has 0 heterocycles. The topological polar surface area (TPSA) is 107 Å². The van der Waals surface area contributed by atoms with E-state index in [2.05, 4.69) is 4.99 Å². The number of hydrogen-bond donors (Lipinski definition) is 3. The number of carbonyl (C=O) groups is 1. The number of nitrogens with zero attached hydrogens (tertiary/aromatic N) is 1. The summed E-state index contributed by atoms with van der Waals surface area (Å²) < 4.78 is 0. The van der Waals surface area contributed by atoms with Gasteiger partial charge in [0.15, 0.2) is 6.10 Å². The number of carbonyl (C=O) groups excluding carboxylic acids is 1. The maximum atomic E-state index is 10.4. The number of aliphatic hydroxyl groups excluding tert-OH is 2. The monoisotopic (exact) mass is 223 g/mol. The van der Waals surface area contributed by atoms with Crippen LogP contribution in [0.25, 0.3) is 0 Å². The van der Waals surface area contributed by atoms with Crippen molar-refractivity contribution >= 4 is 17.7 Å². The maximum absolute atomic E-state index is 10.4. The van der Waals surface area contributed by atoms with Crippen molar-refractivity contribution in [1.29, 1.82) is 0 Å². The van der Waals surface area contributed by atoms with Crippen LogP contribution in [0, 0.1) is 0 Å². The van der Waals surface area contributed by atoms with Crippen LogP contribution in [0.5, 0.6) is 0 Å². The van der Waals surface area contributed by atoms with E-state index in [1.165, 1.54) is 30.3 Å². The van der Waals surface area contributed by atoms with Crippen molar-refractivity contribution in [1.82, 2.24) is 0 Å². The Morgan fingerprint density at radius 3 is 2.62 bits per heavy atom. The largest absolute Gasteiger partial charge is 0.479 e. The molecule has 0 aromatic heterocycles. The fraction of sp³-hybridized carbons (Fsp3) is 0.200. The molecular formula is C10H9NO5. The Bertz CT molecular complexity index is 439. The molecule has 0 saturated carbocycles. The Balaban J connectivity index is 2.99. The van der Waals surface area contributed by atoms with Gasteiger partial charge in [-0.3, -0.25) is 0 Å². The van der Waals surface area contributed by atoms with E-state index in [1.807, 2.05) is 0 Å². The normalized spacial score (nSPS) is 13.6. The van der Waals surface area contributed by atoms with Gasteiger partial charge < -0.3 is 15.3 Å². The highest BCUT2D eigenvalue weighted by Crippen LogP contribution is 2.21. The van der Waals surface area contributed by atoms with Crippen LogP contribution in [-0.2, 0) is 9.59 Å². The van der Waals surface area contributed by atoms with Crippen molar-refractivity contribution in [3.8, 4) is 0 Å². The molecule has 1 aromatic rings. The highest BCUT2D eigenvalue weighted by atomic mass is 16.4. The van der Waals surface area contributed by atoms with Gasteiger partial charge in [-0.1, -0.05) is 12.1 Å². The Kier molecular flexibility index (Phi) is 3.90. The van der Waals surface area contributed by atoms with E-state index in [4.69, 9.17) is 10.2 Å². The van der Waals surface area contributed by atoms with E-state index in [1.54, 1.807) is 0 Å². The van der Waals surface area contributed by atoms with Gasteiger partial charge in [0.2, 0.25) is 6.08 Å². The van der Waals surface area contributed by atoms with Gasteiger partial charge in [0.1, 0.15) is 6.10 Å². The minimum atomic E-state index is -1.92. The number of hydrogen-bond acceptors (Lipinski definition) is 5. The molecule has 0 radical (unpaired) electrons. The van der Waals surface area contributed by atoms with Crippen LogP contribution in [0.15, 0.2) is 29.3 Å². The summed E-state index contributed by atoms with van der Waals surface area (Å²) in [6.45, 7) is 0.